The van der Waals surface area contributed by atoms with Crippen molar-refractivity contribution in [3.8, 4) is 0 Å². The second kappa shape index (κ2) is 9.43. The molecule has 2 aromatic rings. The van der Waals surface area contributed by atoms with Crippen molar-refractivity contribution in [2.45, 2.75) is 6.54 Å². The number of piperazine rings is 1. The number of benzene rings is 1. The van der Waals surface area contributed by atoms with Crippen molar-refractivity contribution in [2.75, 3.05) is 32.7 Å². The smallest absolute Gasteiger partial charge is 0.254 e. The average molecular weight is 372 g/mol. The molecule has 1 fully saturated rings. The molecule has 1 aliphatic rings. The molecule has 26 heavy (non-hydrogen) atoms. The van der Waals surface area contributed by atoms with Gasteiger partial charge in [0.05, 0.1) is 12.8 Å². The lowest BCUT2D eigenvalue weighted by Crippen LogP contribution is -2.48. The van der Waals surface area contributed by atoms with Gasteiger partial charge in [-0.2, -0.15) is 5.10 Å². The highest BCUT2D eigenvalue weighted by Crippen LogP contribution is 2.12. The van der Waals surface area contributed by atoms with Crippen LogP contribution in [-0.2, 0) is 11.3 Å². The molecule has 0 saturated carbocycles. The highest BCUT2D eigenvalue weighted by Gasteiger charge is 2.18. The van der Waals surface area contributed by atoms with E-state index in [1.807, 2.05) is 24.3 Å². The Balaban J connectivity index is 1.37. The SMILES string of the molecule is O=C(CN1CCN(Cc2ccc(Cl)cc2)CC1)NN=Cc1ccncc1. The summed E-state index contributed by atoms with van der Waals surface area (Å²) in [6.45, 7) is 4.90. The number of hydrogen-bond donors (Lipinski definition) is 1. The van der Waals surface area contributed by atoms with Crippen LogP contribution in [0, 0.1) is 0 Å². The quantitative estimate of drug-likeness (QED) is 0.623. The number of hydrazone groups is 1. The summed E-state index contributed by atoms with van der Waals surface area (Å²) in [5.74, 6) is -0.0959. The summed E-state index contributed by atoms with van der Waals surface area (Å²) in [7, 11) is 0. The second-order valence-corrected chi connectivity index (χ2v) is 6.69. The zero-order valence-corrected chi connectivity index (χ0v) is 15.3. The molecular formula is C19H22ClN5O. The van der Waals surface area contributed by atoms with Gasteiger partial charge < -0.3 is 0 Å². The molecule has 1 aliphatic heterocycles. The molecule has 0 aliphatic carbocycles. The van der Waals surface area contributed by atoms with Crippen molar-refractivity contribution < 1.29 is 4.79 Å². The largest absolute Gasteiger partial charge is 0.297 e. The van der Waals surface area contributed by atoms with Crippen LogP contribution in [0.3, 0.4) is 0 Å². The lowest BCUT2D eigenvalue weighted by Gasteiger charge is -2.34. The Kier molecular flexibility index (Phi) is 6.71. The Morgan fingerprint density at radius 3 is 2.42 bits per heavy atom. The Bertz CT molecular complexity index is 727. The maximum atomic E-state index is 12.0. The third-order valence-electron chi connectivity index (χ3n) is 4.26. The van der Waals surface area contributed by atoms with E-state index < -0.39 is 0 Å². The topological polar surface area (TPSA) is 60.8 Å². The van der Waals surface area contributed by atoms with Crippen LogP contribution in [0.5, 0.6) is 0 Å². The molecule has 0 bridgehead atoms. The number of hydrogen-bond acceptors (Lipinski definition) is 5. The second-order valence-electron chi connectivity index (χ2n) is 6.25. The van der Waals surface area contributed by atoms with Crippen molar-refractivity contribution >= 4 is 23.7 Å². The minimum absolute atomic E-state index is 0.0959. The summed E-state index contributed by atoms with van der Waals surface area (Å²) in [6.07, 6.45) is 4.99. The molecule has 136 valence electrons. The Morgan fingerprint density at radius 2 is 1.73 bits per heavy atom. The van der Waals surface area contributed by atoms with Crippen LogP contribution in [-0.4, -0.2) is 59.6 Å². The molecule has 3 rings (SSSR count). The fourth-order valence-corrected chi connectivity index (χ4v) is 2.95. The molecule has 1 aromatic carbocycles. The van der Waals surface area contributed by atoms with Gasteiger partial charge in [0.15, 0.2) is 0 Å². The van der Waals surface area contributed by atoms with E-state index in [1.54, 1.807) is 18.6 Å². The van der Waals surface area contributed by atoms with Gasteiger partial charge in [-0.05, 0) is 35.4 Å². The molecule has 1 aromatic heterocycles. The van der Waals surface area contributed by atoms with Gasteiger partial charge in [-0.15, -0.1) is 0 Å². The Hall–Kier alpha value is -2.28. The van der Waals surface area contributed by atoms with Crippen LogP contribution in [0.1, 0.15) is 11.1 Å². The standard InChI is InChI=1S/C19H22ClN5O/c20-18-3-1-17(2-4-18)14-24-9-11-25(12-10-24)15-19(26)23-22-13-16-5-7-21-8-6-16/h1-8,13H,9-12,14-15H2,(H,23,26). The van der Waals surface area contributed by atoms with E-state index >= 15 is 0 Å². The normalized spacial score (nSPS) is 16.0. The first-order valence-electron chi connectivity index (χ1n) is 8.60. The molecule has 0 unspecified atom stereocenters. The van der Waals surface area contributed by atoms with Gasteiger partial charge in [0, 0.05) is 50.1 Å². The van der Waals surface area contributed by atoms with Crippen LogP contribution in [0.4, 0.5) is 0 Å². The van der Waals surface area contributed by atoms with Crippen LogP contribution < -0.4 is 5.43 Å². The van der Waals surface area contributed by atoms with Gasteiger partial charge in [-0.25, -0.2) is 5.43 Å². The number of carbonyl (C=O) groups excluding carboxylic acids is 1. The molecule has 1 saturated heterocycles. The zero-order valence-electron chi connectivity index (χ0n) is 14.5. The van der Waals surface area contributed by atoms with Crippen molar-refractivity contribution in [3.05, 3.63) is 64.9 Å². The van der Waals surface area contributed by atoms with Crippen LogP contribution in [0.15, 0.2) is 53.9 Å². The predicted octanol–water partition coefficient (Wildman–Crippen LogP) is 2.00. The van der Waals surface area contributed by atoms with Gasteiger partial charge in [0.1, 0.15) is 0 Å². The van der Waals surface area contributed by atoms with E-state index in [-0.39, 0.29) is 5.91 Å². The lowest BCUT2D eigenvalue weighted by atomic mass is 10.2. The highest BCUT2D eigenvalue weighted by atomic mass is 35.5. The molecule has 7 heteroatoms. The summed E-state index contributed by atoms with van der Waals surface area (Å²) in [6, 6.07) is 11.6. The van der Waals surface area contributed by atoms with Crippen molar-refractivity contribution in [3.63, 3.8) is 0 Å². The summed E-state index contributed by atoms with van der Waals surface area (Å²) >= 11 is 5.92. The summed E-state index contributed by atoms with van der Waals surface area (Å²) in [5.41, 5.74) is 4.73. The molecule has 1 N–H and O–H groups in total. The fourth-order valence-electron chi connectivity index (χ4n) is 2.82. The molecule has 1 amide bonds. The molecule has 6 nitrogen and oxygen atoms in total. The molecule has 2 heterocycles. The number of rotatable bonds is 6. The van der Waals surface area contributed by atoms with Gasteiger partial charge in [-0.3, -0.25) is 19.6 Å². The molecular weight excluding hydrogens is 350 g/mol. The highest BCUT2D eigenvalue weighted by molar-refractivity contribution is 6.30. The number of pyridine rings is 1. The first-order valence-corrected chi connectivity index (χ1v) is 8.98. The molecule has 0 radical (unpaired) electrons. The number of nitrogens with one attached hydrogen (secondary N) is 1. The monoisotopic (exact) mass is 371 g/mol. The van der Waals surface area contributed by atoms with Gasteiger partial charge in [0.2, 0.25) is 0 Å². The van der Waals surface area contributed by atoms with Crippen molar-refractivity contribution in [1.29, 1.82) is 0 Å². The first-order chi connectivity index (χ1) is 12.7. The molecule has 0 spiro atoms. The summed E-state index contributed by atoms with van der Waals surface area (Å²) in [5, 5.41) is 4.75. The van der Waals surface area contributed by atoms with E-state index in [0.29, 0.717) is 6.54 Å². The number of nitrogens with zero attached hydrogens (tertiary/aromatic N) is 4. The van der Waals surface area contributed by atoms with E-state index in [9.17, 15) is 4.79 Å². The third kappa shape index (κ3) is 5.91. The summed E-state index contributed by atoms with van der Waals surface area (Å²) in [4.78, 5) is 20.5. The minimum atomic E-state index is -0.0959. The third-order valence-corrected chi connectivity index (χ3v) is 4.51. The summed E-state index contributed by atoms with van der Waals surface area (Å²) < 4.78 is 0. The maximum Gasteiger partial charge on any atom is 0.254 e. The maximum absolute atomic E-state index is 12.0. The van der Waals surface area contributed by atoms with Gasteiger partial charge in [-0.1, -0.05) is 23.7 Å². The number of halogens is 1. The Labute approximate surface area is 158 Å². The van der Waals surface area contributed by atoms with E-state index in [1.165, 1.54) is 5.56 Å². The minimum Gasteiger partial charge on any atom is -0.297 e. The van der Waals surface area contributed by atoms with E-state index in [4.69, 9.17) is 11.6 Å². The van der Waals surface area contributed by atoms with Crippen LogP contribution in [0.25, 0.3) is 0 Å². The van der Waals surface area contributed by atoms with Crippen molar-refractivity contribution in [1.82, 2.24) is 20.2 Å². The van der Waals surface area contributed by atoms with E-state index in [0.717, 1.165) is 43.3 Å². The average Bonchev–Trinajstić information content (AvgIpc) is 2.66. The number of carbonyl (C=O) groups is 1. The lowest BCUT2D eigenvalue weighted by molar-refractivity contribution is -0.122. The fraction of sp³-hybridized carbons (Fsp3) is 0.316. The molecule has 0 atom stereocenters. The Morgan fingerprint density at radius 1 is 1.08 bits per heavy atom. The number of amides is 1. The van der Waals surface area contributed by atoms with Gasteiger partial charge >= 0.3 is 0 Å². The van der Waals surface area contributed by atoms with Crippen molar-refractivity contribution in [2.24, 2.45) is 5.10 Å². The number of aromatic nitrogens is 1. The van der Waals surface area contributed by atoms with E-state index in [2.05, 4.69) is 37.4 Å². The van der Waals surface area contributed by atoms with Crippen LogP contribution in [0.2, 0.25) is 5.02 Å². The predicted molar refractivity (Wildman–Crippen MR) is 103 cm³/mol. The van der Waals surface area contributed by atoms with Crippen LogP contribution >= 0.6 is 11.6 Å². The van der Waals surface area contributed by atoms with Gasteiger partial charge in [0.25, 0.3) is 5.91 Å². The first kappa shape index (κ1) is 18.5. The zero-order chi connectivity index (χ0) is 18.2.